The summed E-state index contributed by atoms with van der Waals surface area (Å²) in [5.74, 6) is -0.560. The highest BCUT2D eigenvalue weighted by atomic mass is 79.9. The summed E-state index contributed by atoms with van der Waals surface area (Å²) in [5.41, 5.74) is 0.864. The minimum Gasteiger partial charge on any atom is -0.396 e. The first-order valence-corrected chi connectivity index (χ1v) is 5.71. The van der Waals surface area contributed by atoms with Gasteiger partial charge in [-0.05, 0) is 24.6 Å². The number of aliphatic hydroxyl groups excluding tert-OH is 1. The molecule has 84 valence electrons. The van der Waals surface area contributed by atoms with E-state index in [9.17, 15) is 9.59 Å². The number of benzene rings is 1. The molecule has 0 radical (unpaired) electrons. The number of hydrogen-bond donors (Lipinski definition) is 1. The summed E-state index contributed by atoms with van der Waals surface area (Å²) in [7, 11) is 0. The predicted molar refractivity (Wildman–Crippen MR) is 61.2 cm³/mol. The summed E-state index contributed by atoms with van der Waals surface area (Å²) in [5, 5.41) is 8.70. The second-order valence-electron chi connectivity index (χ2n) is 3.53. The molecule has 0 aromatic heterocycles. The fourth-order valence-electron chi connectivity index (χ4n) is 1.69. The van der Waals surface area contributed by atoms with Crippen molar-refractivity contribution >= 4 is 27.7 Å². The smallest absolute Gasteiger partial charge is 0.261 e. The van der Waals surface area contributed by atoms with Gasteiger partial charge in [-0.3, -0.25) is 14.5 Å². The molecule has 0 fully saturated rings. The lowest BCUT2D eigenvalue weighted by atomic mass is 10.1. The molecule has 0 aliphatic carbocycles. The zero-order valence-corrected chi connectivity index (χ0v) is 10.0. The van der Waals surface area contributed by atoms with E-state index < -0.39 is 0 Å². The Morgan fingerprint density at radius 2 is 1.88 bits per heavy atom. The van der Waals surface area contributed by atoms with Crippen LogP contribution in [0.1, 0.15) is 27.1 Å². The monoisotopic (exact) mass is 283 g/mol. The van der Waals surface area contributed by atoms with Gasteiger partial charge in [-0.25, -0.2) is 0 Å². The van der Waals surface area contributed by atoms with Crippen molar-refractivity contribution in [1.82, 2.24) is 4.90 Å². The van der Waals surface area contributed by atoms with Crippen molar-refractivity contribution in [3.63, 3.8) is 0 Å². The number of rotatable bonds is 3. The van der Waals surface area contributed by atoms with Crippen LogP contribution in [-0.4, -0.2) is 35.0 Å². The zero-order chi connectivity index (χ0) is 11.7. The van der Waals surface area contributed by atoms with Gasteiger partial charge in [0.25, 0.3) is 11.8 Å². The first-order chi connectivity index (χ1) is 7.65. The highest BCUT2D eigenvalue weighted by Gasteiger charge is 2.34. The fraction of sp³-hybridized carbons (Fsp3) is 0.273. The van der Waals surface area contributed by atoms with Crippen molar-refractivity contribution in [1.29, 1.82) is 0 Å². The maximum Gasteiger partial charge on any atom is 0.261 e. The number of aliphatic hydroxyl groups is 1. The SMILES string of the molecule is O=C1c2ccc(Br)cc2C(=O)N1CCCO. The van der Waals surface area contributed by atoms with Gasteiger partial charge < -0.3 is 5.11 Å². The highest BCUT2D eigenvalue weighted by molar-refractivity contribution is 9.10. The summed E-state index contributed by atoms with van der Waals surface area (Å²) in [6.45, 7) is 0.234. The van der Waals surface area contributed by atoms with Crippen molar-refractivity contribution < 1.29 is 14.7 Å². The largest absolute Gasteiger partial charge is 0.396 e. The van der Waals surface area contributed by atoms with Gasteiger partial charge in [-0.15, -0.1) is 0 Å². The first kappa shape index (κ1) is 11.3. The summed E-state index contributed by atoms with van der Waals surface area (Å²) < 4.78 is 0.774. The number of amides is 2. The Labute approximate surface area is 101 Å². The van der Waals surface area contributed by atoms with Crippen LogP contribution in [0.15, 0.2) is 22.7 Å². The van der Waals surface area contributed by atoms with Crippen LogP contribution in [0.4, 0.5) is 0 Å². The summed E-state index contributed by atoms with van der Waals surface area (Å²) in [6, 6.07) is 5.02. The van der Waals surface area contributed by atoms with Gasteiger partial charge in [0.1, 0.15) is 0 Å². The topological polar surface area (TPSA) is 57.6 Å². The average molecular weight is 284 g/mol. The molecule has 0 spiro atoms. The van der Waals surface area contributed by atoms with E-state index in [4.69, 9.17) is 5.11 Å². The second kappa shape index (κ2) is 4.35. The second-order valence-corrected chi connectivity index (χ2v) is 4.44. The Bertz CT molecular complexity index is 459. The minimum absolute atomic E-state index is 0.0307. The van der Waals surface area contributed by atoms with Crippen LogP contribution in [0.2, 0.25) is 0 Å². The maximum atomic E-state index is 11.9. The lowest BCUT2D eigenvalue weighted by Gasteiger charge is -2.11. The third kappa shape index (κ3) is 1.76. The van der Waals surface area contributed by atoms with Crippen LogP contribution in [0.25, 0.3) is 0 Å². The Morgan fingerprint density at radius 1 is 1.19 bits per heavy atom. The first-order valence-electron chi connectivity index (χ1n) is 4.91. The molecule has 2 amide bonds. The van der Waals surface area contributed by atoms with E-state index in [1.165, 1.54) is 4.90 Å². The molecule has 1 aliphatic heterocycles. The molecule has 2 rings (SSSR count). The molecule has 1 aromatic rings. The molecule has 0 atom stereocenters. The number of carbonyl (C=O) groups excluding carboxylic acids is 2. The van der Waals surface area contributed by atoms with Gasteiger partial charge in [0.2, 0.25) is 0 Å². The lowest BCUT2D eigenvalue weighted by molar-refractivity contribution is 0.0645. The lowest BCUT2D eigenvalue weighted by Crippen LogP contribution is -2.31. The van der Waals surface area contributed by atoms with Gasteiger partial charge in [-0.2, -0.15) is 0 Å². The summed E-state index contributed by atoms with van der Waals surface area (Å²) >= 11 is 3.26. The zero-order valence-electron chi connectivity index (χ0n) is 8.44. The van der Waals surface area contributed by atoms with Crippen LogP contribution in [0, 0.1) is 0 Å². The molecule has 1 heterocycles. The number of carbonyl (C=O) groups is 2. The molecule has 1 N–H and O–H groups in total. The van der Waals surface area contributed by atoms with Crippen LogP contribution in [0.5, 0.6) is 0 Å². The number of halogens is 1. The third-order valence-electron chi connectivity index (χ3n) is 2.47. The van der Waals surface area contributed by atoms with E-state index in [1.807, 2.05) is 0 Å². The molecule has 1 aromatic carbocycles. The van der Waals surface area contributed by atoms with Crippen molar-refractivity contribution in [3.8, 4) is 0 Å². The van der Waals surface area contributed by atoms with Gasteiger partial charge in [-0.1, -0.05) is 15.9 Å². The predicted octanol–water partition coefficient (Wildman–Crippen LogP) is 1.43. The molecule has 0 saturated heterocycles. The average Bonchev–Trinajstić information content (AvgIpc) is 2.50. The van der Waals surface area contributed by atoms with E-state index in [2.05, 4.69) is 15.9 Å². The molecule has 1 aliphatic rings. The molecule has 5 heteroatoms. The molecule has 0 saturated carbocycles. The Balaban J connectivity index is 2.33. The Morgan fingerprint density at radius 3 is 2.56 bits per heavy atom. The van der Waals surface area contributed by atoms with E-state index >= 15 is 0 Å². The minimum atomic E-state index is -0.283. The number of imide groups is 1. The van der Waals surface area contributed by atoms with Crippen molar-refractivity contribution in [2.45, 2.75) is 6.42 Å². The molecule has 0 bridgehead atoms. The third-order valence-corrected chi connectivity index (χ3v) is 2.97. The van der Waals surface area contributed by atoms with Crippen LogP contribution in [-0.2, 0) is 0 Å². The molecule has 4 nitrogen and oxygen atoms in total. The van der Waals surface area contributed by atoms with Gasteiger partial charge >= 0.3 is 0 Å². The molecule has 0 unspecified atom stereocenters. The van der Waals surface area contributed by atoms with Gasteiger partial charge in [0.15, 0.2) is 0 Å². The standard InChI is InChI=1S/C11H10BrNO3/c12-7-2-3-8-9(6-7)11(16)13(10(8)15)4-1-5-14/h2-3,6,14H,1,4-5H2. The Kier molecular flexibility index (Phi) is 3.07. The molecular weight excluding hydrogens is 274 g/mol. The van der Waals surface area contributed by atoms with Crippen LogP contribution in [0.3, 0.4) is 0 Å². The maximum absolute atomic E-state index is 11.9. The van der Waals surface area contributed by atoms with Crippen LogP contribution >= 0.6 is 15.9 Å². The quantitative estimate of drug-likeness (QED) is 0.854. The number of nitrogens with zero attached hydrogens (tertiary/aromatic N) is 1. The van der Waals surface area contributed by atoms with Crippen molar-refractivity contribution in [2.75, 3.05) is 13.2 Å². The van der Waals surface area contributed by atoms with Crippen LogP contribution < -0.4 is 0 Å². The van der Waals surface area contributed by atoms with Crippen molar-refractivity contribution in [3.05, 3.63) is 33.8 Å². The van der Waals surface area contributed by atoms with E-state index in [0.29, 0.717) is 17.5 Å². The Hall–Kier alpha value is -1.20. The van der Waals surface area contributed by atoms with E-state index in [0.717, 1.165) is 4.47 Å². The summed E-state index contributed by atoms with van der Waals surface area (Å²) in [4.78, 5) is 24.9. The fourth-order valence-corrected chi connectivity index (χ4v) is 2.06. The molecular formula is C11H10BrNO3. The number of fused-ring (bicyclic) bond motifs is 1. The summed E-state index contributed by atoms with van der Waals surface area (Å²) in [6.07, 6.45) is 0.409. The van der Waals surface area contributed by atoms with Gasteiger partial charge in [0, 0.05) is 17.6 Å². The van der Waals surface area contributed by atoms with E-state index in [1.54, 1.807) is 18.2 Å². The highest BCUT2D eigenvalue weighted by Crippen LogP contribution is 2.25. The van der Waals surface area contributed by atoms with Gasteiger partial charge in [0.05, 0.1) is 11.1 Å². The van der Waals surface area contributed by atoms with Crippen molar-refractivity contribution in [2.24, 2.45) is 0 Å². The normalized spacial score (nSPS) is 14.5. The molecule has 16 heavy (non-hydrogen) atoms. The van der Waals surface area contributed by atoms with E-state index in [-0.39, 0.29) is 25.0 Å². The number of hydrogen-bond acceptors (Lipinski definition) is 3.